The lowest BCUT2D eigenvalue weighted by Gasteiger charge is -2.28. The topological polar surface area (TPSA) is 115 Å². The van der Waals surface area contributed by atoms with E-state index in [1.807, 2.05) is 49.4 Å². The van der Waals surface area contributed by atoms with Crippen molar-refractivity contribution in [3.63, 3.8) is 0 Å². The normalized spacial score (nSPS) is 16.1. The Hall–Kier alpha value is -4.65. The van der Waals surface area contributed by atoms with Gasteiger partial charge in [-0.05, 0) is 86.5 Å². The van der Waals surface area contributed by atoms with E-state index in [0.717, 1.165) is 41.5 Å². The first-order valence-electron chi connectivity index (χ1n) is 13.3. The maximum absolute atomic E-state index is 13.4. The fraction of sp³-hybridized carbons (Fsp3) is 0.300. The number of hydrogen-bond donors (Lipinski definition) is 3. The number of nitrogens with one attached hydrogen (secondary N) is 2. The standard InChI is InChI=1S/C28H29FN4O3.C2HF3O2/c1-18(32-28(34)25-7-4-14-30-25)27(19-5-3-6-23(15-19)35-2)36-24-12-13-26-20(16-24)17-31-33(26)22-10-8-21(29)9-11-22;3-2(4,5)1(6)7/h3,5-6,8-13,15-18,25,27,30H,4,7,14H2,1-2H3,(H,32,34);(H,6,7)/t18-,25+,27-;/m0./s1. The van der Waals surface area contributed by atoms with Crippen LogP contribution in [0.5, 0.6) is 11.5 Å². The van der Waals surface area contributed by atoms with E-state index in [1.54, 1.807) is 30.1 Å². The number of aliphatic carboxylic acids is 1. The molecule has 1 aliphatic heterocycles. The van der Waals surface area contributed by atoms with Gasteiger partial charge in [0.25, 0.3) is 0 Å². The Bertz CT molecular complexity index is 1550. The molecule has 0 aliphatic carbocycles. The quantitative estimate of drug-likeness (QED) is 0.238. The average molecular weight is 603 g/mol. The molecule has 0 radical (unpaired) electrons. The zero-order valence-corrected chi connectivity index (χ0v) is 23.3. The number of carbonyl (C=O) groups is 2. The molecule has 0 spiro atoms. The van der Waals surface area contributed by atoms with Crippen molar-refractivity contribution in [1.82, 2.24) is 20.4 Å². The van der Waals surface area contributed by atoms with Gasteiger partial charge in [-0.2, -0.15) is 18.3 Å². The smallest absolute Gasteiger partial charge is 0.490 e. The van der Waals surface area contributed by atoms with Crippen LogP contribution < -0.4 is 20.1 Å². The molecule has 1 aliphatic rings. The highest BCUT2D eigenvalue weighted by Gasteiger charge is 2.38. The number of hydrogen-bond acceptors (Lipinski definition) is 6. The van der Waals surface area contributed by atoms with Gasteiger partial charge in [0, 0.05) is 5.39 Å². The Balaban J connectivity index is 0.000000541. The Morgan fingerprint density at radius 1 is 1.09 bits per heavy atom. The van der Waals surface area contributed by atoms with Gasteiger partial charge in [0.15, 0.2) is 0 Å². The van der Waals surface area contributed by atoms with Crippen molar-refractivity contribution in [3.05, 3.63) is 84.3 Å². The van der Waals surface area contributed by atoms with Gasteiger partial charge in [0.1, 0.15) is 23.4 Å². The number of carbonyl (C=O) groups excluding carboxylic acids is 1. The number of nitrogens with zero attached hydrogens (tertiary/aromatic N) is 2. The van der Waals surface area contributed by atoms with Gasteiger partial charge in [-0.3, -0.25) is 4.79 Å². The molecule has 3 atom stereocenters. The van der Waals surface area contributed by atoms with Crippen molar-refractivity contribution in [2.45, 2.75) is 44.1 Å². The lowest BCUT2D eigenvalue weighted by molar-refractivity contribution is -0.192. The first-order valence-corrected chi connectivity index (χ1v) is 13.3. The van der Waals surface area contributed by atoms with Gasteiger partial charge in [-0.1, -0.05) is 12.1 Å². The predicted octanol–water partition coefficient (Wildman–Crippen LogP) is 5.18. The molecule has 0 bridgehead atoms. The van der Waals surface area contributed by atoms with Crippen molar-refractivity contribution in [3.8, 4) is 17.2 Å². The lowest BCUT2D eigenvalue weighted by atomic mass is 10.0. The van der Waals surface area contributed by atoms with E-state index in [9.17, 15) is 22.4 Å². The van der Waals surface area contributed by atoms with Crippen molar-refractivity contribution in [1.29, 1.82) is 0 Å². The molecule has 3 N–H and O–H groups in total. The van der Waals surface area contributed by atoms with Crippen LogP contribution in [0.15, 0.2) is 72.9 Å². The van der Waals surface area contributed by atoms with E-state index in [1.165, 1.54) is 12.1 Å². The van der Waals surface area contributed by atoms with Crippen LogP contribution in [0, 0.1) is 5.82 Å². The van der Waals surface area contributed by atoms with Gasteiger partial charge >= 0.3 is 12.1 Å². The lowest BCUT2D eigenvalue weighted by Crippen LogP contribution is -2.47. The highest BCUT2D eigenvalue weighted by molar-refractivity contribution is 5.83. The van der Waals surface area contributed by atoms with Crippen LogP contribution in [0.1, 0.15) is 31.4 Å². The maximum atomic E-state index is 13.4. The largest absolute Gasteiger partial charge is 0.497 e. The minimum Gasteiger partial charge on any atom is -0.497 e. The number of carboxylic acids is 1. The van der Waals surface area contributed by atoms with E-state index in [4.69, 9.17) is 19.4 Å². The minimum atomic E-state index is -5.08. The number of alkyl halides is 3. The number of halogens is 4. The van der Waals surface area contributed by atoms with Gasteiger partial charge < -0.3 is 25.2 Å². The number of amides is 1. The number of fused-ring (bicyclic) bond motifs is 1. The number of ether oxygens (including phenoxy) is 2. The summed E-state index contributed by atoms with van der Waals surface area (Å²) in [5.41, 5.74) is 2.54. The second kappa shape index (κ2) is 13.6. The zero-order chi connectivity index (χ0) is 31.1. The highest BCUT2D eigenvalue weighted by Crippen LogP contribution is 2.30. The molecule has 1 aromatic heterocycles. The molecular formula is C30H30F4N4O5. The zero-order valence-electron chi connectivity index (χ0n) is 23.3. The molecule has 5 rings (SSSR count). The van der Waals surface area contributed by atoms with E-state index in [-0.39, 0.29) is 23.8 Å². The Labute approximate surface area is 244 Å². The highest BCUT2D eigenvalue weighted by atomic mass is 19.4. The number of aromatic nitrogens is 2. The van der Waals surface area contributed by atoms with Crippen LogP contribution in [0.3, 0.4) is 0 Å². The van der Waals surface area contributed by atoms with Crippen LogP contribution in [0.2, 0.25) is 0 Å². The van der Waals surface area contributed by atoms with Crippen LogP contribution in [-0.2, 0) is 9.59 Å². The fourth-order valence-electron chi connectivity index (χ4n) is 4.61. The third kappa shape index (κ3) is 8.01. The minimum absolute atomic E-state index is 0.0208. The summed E-state index contributed by atoms with van der Waals surface area (Å²) in [6.07, 6.45) is -1.95. The molecule has 13 heteroatoms. The number of rotatable bonds is 8. The van der Waals surface area contributed by atoms with E-state index >= 15 is 0 Å². The van der Waals surface area contributed by atoms with Crippen molar-refractivity contribution in [2.24, 2.45) is 0 Å². The van der Waals surface area contributed by atoms with Crippen LogP contribution in [0.25, 0.3) is 16.6 Å². The molecule has 1 saturated heterocycles. The molecule has 1 amide bonds. The molecule has 43 heavy (non-hydrogen) atoms. The monoisotopic (exact) mass is 602 g/mol. The van der Waals surface area contributed by atoms with Crippen LogP contribution in [-0.4, -0.2) is 58.7 Å². The van der Waals surface area contributed by atoms with Crippen LogP contribution in [0.4, 0.5) is 17.6 Å². The third-order valence-corrected chi connectivity index (χ3v) is 6.74. The Morgan fingerprint density at radius 3 is 2.44 bits per heavy atom. The summed E-state index contributed by atoms with van der Waals surface area (Å²) in [6, 6.07) is 19.1. The molecule has 3 aromatic carbocycles. The van der Waals surface area contributed by atoms with Gasteiger partial charge in [-0.25, -0.2) is 13.9 Å². The molecule has 2 heterocycles. The summed E-state index contributed by atoms with van der Waals surface area (Å²) >= 11 is 0. The Morgan fingerprint density at radius 2 is 1.81 bits per heavy atom. The van der Waals surface area contributed by atoms with E-state index in [0.29, 0.717) is 11.5 Å². The van der Waals surface area contributed by atoms with Gasteiger partial charge in [0.05, 0.1) is 36.6 Å². The van der Waals surface area contributed by atoms with E-state index < -0.39 is 18.2 Å². The second-order valence-corrected chi connectivity index (χ2v) is 9.82. The summed E-state index contributed by atoms with van der Waals surface area (Å²) in [5.74, 6) is -1.71. The fourth-order valence-corrected chi connectivity index (χ4v) is 4.61. The number of benzene rings is 3. The van der Waals surface area contributed by atoms with Gasteiger partial charge in [0.2, 0.25) is 5.91 Å². The summed E-state index contributed by atoms with van der Waals surface area (Å²) in [5, 5.41) is 18.9. The molecule has 1 fully saturated rings. The molecule has 0 unspecified atom stereocenters. The summed E-state index contributed by atoms with van der Waals surface area (Å²) in [6.45, 7) is 2.80. The summed E-state index contributed by atoms with van der Waals surface area (Å²) in [4.78, 5) is 21.7. The summed E-state index contributed by atoms with van der Waals surface area (Å²) < 4.78 is 58.8. The van der Waals surface area contributed by atoms with Gasteiger partial charge in [-0.15, -0.1) is 0 Å². The first-order chi connectivity index (χ1) is 20.5. The van der Waals surface area contributed by atoms with Crippen molar-refractivity contribution < 1.29 is 41.7 Å². The van der Waals surface area contributed by atoms with Crippen molar-refractivity contribution >= 4 is 22.8 Å². The van der Waals surface area contributed by atoms with Crippen LogP contribution >= 0.6 is 0 Å². The second-order valence-electron chi connectivity index (χ2n) is 9.82. The molecule has 0 saturated carbocycles. The molecular weight excluding hydrogens is 572 g/mol. The van der Waals surface area contributed by atoms with E-state index in [2.05, 4.69) is 15.7 Å². The number of methoxy groups -OCH3 is 1. The SMILES string of the molecule is COc1cccc([C@@H](Oc2ccc3c(cnn3-c3ccc(F)cc3)c2)[C@H](C)NC(=O)[C@H]2CCCN2)c1.O=C(O)C(F)(F)F. The third-order valence-electron chi connectivity index (χ3n) is 6.74. The first kappa shape index (κ1) is 31.3. The molecule has 4 aromatic rings. The average Bonchev–Trinajstić information content (AvgIpc) is 3.67. The number of carboxylic acid groups (broad SMARTS) is 1. The Kier molecular flexibility index (Phi) is 9.86. The molecule has 228 valence electrons. The maximum Gasteiger partial charge on any atom is 0.490 e. The predicted molar refractivity (Wildman–Crippen MR) is 150 cm³/mol. The van der Waals surface area contributed by atoms with Crippen molar-refractivity contribution in [2.75, 3.05) is 13.7 Å². The molecule has 9 nitrogen and oxygen atoms in total. The summed E-state index contributed by atoms with van der Waals surface area (Å²) in [7, 11) is 1.62.